The number of aryl methyl sites for hydroxylation is 3. The Balaban J connectivity index is 1.59. The number of hydrogen-bond donors (Lipinski definition) is 1. The lowest BCUT2D eigenvalue weighted by Crippen LogP contribution is -2.33. The van der Waals surface area contributed by atoms with Gasteiger partial charge in [0.2, 0.25) is 0 Å². The highest BCUT2D eigenvalue weighted by Gasteiger charge is 2.20. The van der Waals surface area contributed by atoms with Crippen molar-refractivity contribution in [1.29, 1.82) is 0 Å². The first-order valence-corrected chi connectivity index (χ1v) is 8.96. The fourth-order valence-electron chi connectivity index (χ4n) is 3.18. The van der Waals surface area contributed by atoms with Gasteiger partial charge in [-0.2, -0.15) is 0 Å². The largest absolute Gasteiger partial charge is 0.483 e. The van der Waals surface area contributed by atoms with Gasteiger partial charge in [-0.15, -0.1) is 10.2 Å². The van der Waals surface area contributed by atoms with Crippen LogP contribution in [0.25, 0.3) is 0 Å². The van der Waals surface area contributed by atoms with Crippen LogP contribution in [-0.4, -0.2) is 27.3 Å². The molecule has 6 heteroatoms. The van der Waals surface area contributed by atoms with E-state index in [4.69, 9.17) is 4.74 Å². The summed E-state index contributed by atoms with van der Waals surface area (Å²) in [5, 5.41) is 11.6. The molecule has 0 saturated heterocycles. The smallest absolute Gasteiger partial charge is 0.258 e. The van der Waals surface area contributed by atoms with Crippen molar-refractivity contribution >= 4 is 5.91 Å². The summed E-state index contributed by atoms with van der Waals surface area (Å²) < 4.78 is 7.83. The van der Waals surface area contributed by atoms with E-state index in [1.165, 1.54) is 6.42 Å². The second-order valence-corrected chi connectivity index (χ2v) is 6.78. The number of nitrogens with zero attached hydrogens (tertiary/aromatic N) is 3. The lowest BCUT2D eigenvalue weighted by Gasteiger charge is -2.16. The first-order chi connectivity index (χ1) is 12.0. The van der Waals surface area contributed by atoms with Gasteiger partial charge in [-0.25, -0.2) is 0 Å². The lowest BCUT2D eigenvalue weighted by atomic mass is 10.1. The Hall–Kier alpha value is -2.37. The van der Waals surface area contributed by atoms with Crippen LogP contribution >= 0.6 is 0 Å². The van der Waals surface area contributed by atoms with Crippen molar-refractivity contribution in [1.82, 2.24) is 20.1 Å². The zero-order valence-corrected chi connectivity index (χ0v) is 15.2. The maximum absolute atomic E-state index is 12.3. The standard InChI is InChI=1S/C19H26N4O2/c1-13-8-9-14(2)16(11-13)25-12-18(24)20-15(3)19-22-21-17-7-5-4-6-10-23(17)19/h8-9,11,15H,4-7,10,12H2,1-3H3,(H,20,24). The molecule has 1 unspecified atom stereocenters. The fourth-order valence-corrected chi connectivity index (χ4v) is 3.18. The van der Waals surface area contributed by atoms with Crippen molar-refractivity contribution in [2.45, 2.75) is 59.0 Å². The molecule has 1 amide bonds. The van der Waals surface area contributed by atoms with E-state index in [0.717, 1.165) is 54.3 Å². The number of hydrogen-bond acceptors (Lipinski definition) is 4. The summed E-state index contributed by atoms with van der Waals surface area (Å²) in [7, 11) is 0. The Bertz CT molecular complexity index is 754. The number of carbonyl (C=O) groups is 1. The third-order valence-corrected chi connectivity index (χ3v) is 4.61. The molecule has 1 N–H and O–H groups in total. The van der Waals surface area contributed by atoms with Crippen LogP contribution in [0, 0.1) is 13.8 Å². The molecule has 0 fully saturated rings. The number of rotatable bonds is 5. The van der Waals surface area contributed by atoms with Gasteiger partial charge in [0.25, 0.3) is 5.91 Å². The summed E-state index contributed by atoms with van der Waals surface area (Å²) >= 11 is 0. The molecule has 3 rings (SSSR count). The molecule has 0 aliphatic carbocycles. The molecule has 134 valence electrons. The molecule has 25 heavy (non-hydrogen) atoms. The molecule has 0 radical (unpaired) electrons. The van der Waals surface area contributed by atoms with E-state index in [1.54, 1.807) is 0 Å². The molecule has 0 saturated carbocycles. The van der Waals surface area contributed by atoms with Crippen molar-refractivity contribution in [3.63, 3.8) is 0 Å². The van der Waals surface area contributed by atoms with Gasteiger partial charge >= 0.3 is 0 Å². The topological polar surface area (TPSA) is 69.0 Å². The molecule has 6 nitrogen and oxygen atoms in total. The third kappa shape index (κ3) is 4.18. The van der Waals surface area contributed by atoms with Crippen LogP contribution in [0.15, 0.2) is 18.2 Å². The highest BCUT2D eigenvalue weighted by molar-refractivity contribution is 5.77. The molecule has 1 aliphatic rings. The summed E-state index contributed by atoms with van der Waals surface area (Å²) in [4.78, 5) is 12.3. The van der Waals surface area contributed by atoms with Crippen LogP contribution in [-0.2, 0) is 17.8 Å². The predicted octanol–water partition coefficient (Wildman–Crippen LogP) is 2.88. The SMILES string of the molecule is Cc1ccc(C)c(OCC(=O)NC(C)c2nnc3n2CCCCC3)c1. The fraction of sp³-hybridized carbons (Fsp3) is 0.526. The molecule has 1 aromatic carbocycles. The Morgan fingerprint density at radius 2 is 2.12 bits per heavy atom. The minimum absolute atomic E-state index is 0.00434. The van der Waals surface area contributed by atoms with Crippen LogP contribution in [0.4, 0.5) is 0 Å². The number of amides is 1. The number of aromatic nitrogens is 3. The van der Waals surface area contributed by atoms with E-state index < -0.39 is 0 Å². The zero-order valence-electron chi connectivity index (χ0n) is 15.2. The normalized spacial score (nSPS) is 15.2. The lowest BCUT2D eigenvalue weighted by molar-refractivity contribution is -0.123. The highest BCUT2D eigenvalue weighted by atomic mass is 16.5. The molecule has 2 heterocycles. The predicted molar refractivity (Wildman–Crippen MR) is 95.5 cm³/mol. The van der Waals surface area contributed by atoms with E-state index in [0.29, 0.717) is 0 Å². The summed E-state index contributed by atoms with van der Waals surface area (Å²) in [5.41, 5.74) is 2.13. The van der Waals surface area contributed by atoms with Crippen LogP contribution in [0.1, 0.15) is 55.0 Å². The quantitative estimate of drug-likeness (QED) is 0.907. The maximum Gasteiger partial charge on any atom is 0.258 e. The van der Waals surface area contributed by atoms with Crippen molar-refractivity contribution in [2.24, 2.45) is 0 Å². The minimum Gasteiger partial charge on any atom is -0.483 e. The second kappa shape index (κ2) is 7.68. The number of fused-ring (bicyclic) bond motifs is 1. The first kappa shape index (κ1) is 17.5. The zero-order chi connectivity index (χ0) is 17.8. The van der Waals surface area contributed by atoms with E-state index >= 15 is 0 Å². The molecule has 0 bridgehead atoms. The maximum atomic E-state index is 12.3. The summed E-state index contributed by atoms with van der Waals surface area (Å²) in [5.74, 6) is 2.45. The number of ether oxygens (including phenoxy) is 1. The van der Waals surface area contributed by atoms with Crippen molar-refractivity contribution in [3.05, 3.63) is 41.0 Å². The van der Waals surface area contributed by atoms with Gasteiger partial charge in [-0.05, 0) is 50.8 Å². The number of carbonyl (C=O) groups excluding carboxylic acids is 1. The molecule has 1 atom stereocenters. The Labute approximate surface area is 148 Å². The molecular weight excluding hydrogens is 316 g/mol. The average molecular weight is 342 g/mol. The number of nitrogens with one attached hydrogen (secondary N) is 1. The van der Waals surface area contributed by atoms with E-state index in [9.17, 15) is 4.79 Å². The van der Waals surface area contributed by atoms with Gasteiger partial charge in [-0.1, -0.05) is 18.6 Å². The van der Waals surface area contributed by atoms with Crippen LogP contribution in [0.2, 0.25) is 0 Å². The van der Waals surface area contributed by atoms with Crippen molar-refractivity contribution in [3.8, 4) is 5.75 Å². The Kier molecular flexibility index (Phi) is 5.36. The minimum atomic E-state index is -0.186. The summed E-state index contributed by atoms with van der Waals surface area (Å²) in [6, 6.07) is 5.79. The van der Waals surface area contributed by atoms with Gasteiger partial charge < -0.3 is 14.6 Å². The molecular formula is C19H26N4O2. The Morgan fingerprint density at radius 1 is 1.28 bits per heavy atom. The van der Waals surface area contributed by atoms with Crippen molar-refractivity contribution < 1.29 is 9.53 Å². The molecule has 2 aromatic rings. The van der Waals surface area contributed by atoms with E-state index in [-0.39, 0.29) is 18.6 Å². The van der Waals surface area contributed by atoms with Crippen LogP contribution in [0.5, 0.6) is 5.75 Å². The average Bonchev–Trinajstić information content (AvgIpc) is 2.84. The molecule has 0 spiro atoms. The van der Waals surface area contributed by atoms with E-state index in [1.807, 2.05) is 39.0 Å². The van der Waals surface area contributed by atoms with Crippen molar-refractivity contribution in [2.75, 3.05) is 6.61 Å². The van der Waals surface area contributed by atoms with Gasteiger partial charge in [0.15, 0.2) is 12.4 Å². The molecule has 1 aromatic heterocycles. The van der Waals surface area contributed by atoms with Crippen LogP contribution in [0.3, 0.4) is 0 Å². The monoisotopic (exact) mass is 342 g/mol. The van der Waals surface area contributed by atoms with Gasteiger partial charge in [0, 0.05) is 13.0 Å². The summed E-state index contributed by atoms with van der Waals surface area (Å²) in [6.45, 7) is 6.84. The van der Waals surface area contributed by atoms with Gasteiger partial charge in [-0.3, -0.25) is 4.79 Å². The highest BCUT2D eigenvalue weighted by Crippen LogP contribution is 2.20. The molecule has 1 aliphatic heterocycles. The summed E-state index contributed by atoms with van der Waals surface area (Å²) in [6.07, 6.45) is 4.47. The Morgan fingerprint density at radius 3 is 2.96 bits per heavy atom. The van der Waals surface area contributed by atoms with Gasteiger partial charge in [0.05, 0.1) is 6.04 Å². The first-order valence-electron chi connectivity index (χ1n) is 8.96. The van der Waals surface area contributed by atoms with Gasteiger partial charge in [0.1, 0.15) is 11.6 Å². The van der Waals surface area contributed by atoms with E-state index in [2.05, 4.69) is 20.1 Å². The third-order valence-electron chi connectivity index (χ3n) is 4.61. The van der Waals surface area contributed by atoms with Crippen LogP contribution < -0.4 is 10.1 Å². The second-order valence-electron chi connectivity index (χ2n) is 6.78. The number of benzene rings is 1.